The van der Waals surface area contributed by atoms with Crippen molar-refractivity contribution >= 4 is 10.0 Å². The molecule has 14 heavy (non-hydrogen) atoms. The highest BCUT2D eigenvalue weighted by molar-refractivity contribution is 7.90. The van der Waals surface area contributed by atoms with Crippen molar-refractivity contribution in [3.8, 4) is 0 Å². The van der Waals surface area contributed by atoms with Crippen molar-refractivity contribution in [1.29, 1.82) is 0 Å². The number of nitrogens with one attached hydrogen (secondary N) is 1. The quantitative estimate of drug-likeness (QED) is 0.738. The van der Waals surface area contributed by atoms with E-state index in [9.17, 15) is 8.42 Å². The van der Waals surface area contributed by atoms with Gasteiger partial charge in [0.25, 0.3) is 0 Å². The molecule has 0 spiro atoms. The second-order valence-electron chi connectivity index (χ2n) is 4.81. The van der Waals surface area contributed by atoms with Crippen LogP contribution in [0.3, 0.4) is 0 Å². The average Bonchev–Trinajstić information content (AvgIpc) is 1.97. The molecule has 0 rings (SSSR count). The maximum absolute atomic E-state index is 11.5. The van der Waals surface area contributed by atoms with Gasteiger partial charge in [-0.25, -0.2) is 13.1 Å². The Morgan fingerprint density at radius 3 is 1.93 bits per heavy atom. The highest BCUT2D eigenvalue weighted by Gasteiger charge is 2.29. The minimum Gasteiger partial charge on any atom is -0.395 e. The lowest BCUT2D eigenvalue weighted by Gasteiger charge is -2.30. The first-order valence-corrected chi connectivity index (χ1v) is 6.28. The largest absolute Gasteiger partial charge is 0.395 e. The fourth-order valence-corrected chi connectivity index (χ4v) is 1.92. The molecule has 0 aromatic heterocycles. The van der Waals surface area contributed by atoms with E-state index in [-0.39, 0.29) is 12.0 Å². The van der Waals surface area contributed by atoms with Crippen molar-refractivity contribution in [2.45, 2.75) is 45.9 Å². The van der Waals surface area contributed by atoms with E-state index in [1.54, 1.807) is 13.8 Å². The standard InChI is InChI=1S/C9H21NO3S/c1-7(2)14(12,13)10-8(6-11)9(3,4)5/h7-8,10-11H,6H2,1-5H3/t8-/m0/s1. The van der Waals surface area contributed by atoms with Crippen LogP contribution < -0.4 is 4.72 Å². The van der Waals surface area contributed by atoms with Crippen molar-refractivity contribution < 1.29 is 13.5 Å². The third-order valence-corrected chi connectivity index (χ3v) is 4.01. The maximum Gasteiger partial charge on any atom is 0.214 e. The van der Waals surface area contributed by atoms with E-state index in [0.717, 1.165) is 0 Å². The van der Waals surface area contributed by atoms with Crippen molar-refractivity contribution in [3.63, 3.8) is 0 Å². The number of sulfonamides is 1. The molecule has 0 radical (unpaired) electrons. The van der Waals surface area contributed by atoms with E-state index in [2.05, 4.69) is 4.72 Å². The molecular weight excluding hydrogens is 202 g/mol. The lowest BCUT2D eigenvalue weighted by molar-refractivity contribution is 0.176. The van der Waals surface area contributed by atoms with Gasteiger partial charge in [-0.3, -0.25) is 0 Å². The number of aliphatic hydroxyl groups excluding tert-OH is 1. The normalized spacial score (nSPS) is 15.9. The summed E-state index contributed by atoms with van der Waals surface area (Å²) in [6.45, 7) is 8.69. The van der Waals surface area contributed by atoms with E-state index in [1.165, 1.54) is 0 Å². The van der Waals surface area contributed by atoms with Gasteiger partial charge in [0.2, 0.25) is 10.0 Å². The van der Waals surface area contributed by atoms with Crippen LogP contribution in [0.25, 0.3) is 0 Å². The van der Waals surface area contributed by atoms with Gasteiger partial charge in [0, 0.05) is 6.04 Å². The van der Waals surface area contributed by atoms with Crippen LogP contribution in [-0.4, -0.2) is 31.4 Å². The molecule has 0 aliphatic rings. The summed E-state index contributed by atoms with van der Waals surface area (Å²) in [6, 6.07) is -0.435. The highest BCUT2D eigenvalue weighted by Crippen LogP contribution is 2.19. The fourth-order valence-electron chi connectivity index (χ4n) is 0.822. The van der Waals surface area contributed by atoms with Crippen LogP contribution in [0.1, 0.15) is 34.6 Å². The molecule has 0 amide bonds. The predicted molar refractivity (Wildman–Crippen MR) is 57.5 cm³/mol. The summed E-state index contributed by atoms with van der Waals surface area (Å²) in [6.07, 6.45) is 0. The molecule has 2 N–H and O–H groups in total. The molecule has 0 aliphatic carbocycles. The second kappa shape index (κ2) is 4.59. The van der Waals surface area contributed by atoms with Crippen molar-refractivity contribution in [1.82, 2.24) is 4.72 Å². The SMILES string of the molecule is CC(C)S(=O)(=O)N[C@@H](CO)C(C)(C)C. The second-order valence-corrected chi connectivity index (χ2v) is 7.08. The van der Waals surface area contributed by atoms with Crippen LogP contribution in [0.2, 0.25) is 0 Å². The summed E-state index contributed by atoms with van der Waals surface area (Å²) in [5.41, 5.74) is -0.281. The summed E-state index contributed by atoms with van der Waals surface area (Å²) >= 11 is 0. The minimum absolute atomic E-state index is 0.185. The minimum atomic E-state index is -3.30. The molecule has 86 valence electrons. The van der Waals surface area contributed by atoms with E-state index in [4.69, 9.17) is 5.11 Å². The molecule has 4 nitrogen and oxygen atoms in total. The third kappa shape index (κ3) is 3.94. The molecule has 0 fully saturated rings. The molecule has 0 aliphatic heterocycles. The zero-order valence-electron chi connectivity index (χ0n) is 9.53. The Morgan fingerprint density at radius 2 is 1.71 bits per heavy atom. The first-order valence-electron chi connectivity index (χ1n) is 4.73. The number of aliphatic hydroxyl groups is 1. The molecule has 0 heterocycles. The van der Waals surface area contributed by atoms with Gasteiger partial charge in [-0.2, -0.15) is 0 Å². The molecule has 0 unspecified atom stereocenters. The van der Waals surface area contributed by atoms with Crippen LogP contribution in [0.4, 0.5) is 0 Å². The Kier molecular flexibility index (Phi) is 4.55. The zero-order valence-corrected chi connectivity index (χ0v) is 10.4. The molecule has 0 saturated heterocycles. The number of rotatable bonds is 4. The summed E-state index contributed by atoms with van der Waals surface area (Å²) in [4.78, 5) is 0. The molecule has 0 aromatic carbocycles. The van der Waals surface area contributed by atoms with Gasteiger partial charge in [-0.1, -0.05) is 20.8 Å². The molecule has 5 heteroatoms. The van der Waals surface area contributed by atoms with Gasteiger partial charge < -0.3 is 5.11 Å². The first-order chi connectivity index (χ1) is 6.11. The lowest BCUT2D eigenvalue weighted by atomic mass is 9.88. The Bertz CT molecular complexity index is 264. The van der Waals surface area contributed by atoms with Gasteiger partial charge in [0.05, 0.1) is 11.9 Å². The molecular formula is C9H21NO3S. The summed E-state index contributed by atoms with van der Waals surface area (Å²) in [5.74, 6) is 0. The van der Waals surface area contributed by atoms with E-state index in [1.807, 2.05) is 20.8 Å². The zero-order chi connectivity index (χ0) is 11.6. The van der Waals surface area contributed by atoms with Crippen molar-refractivity contribution in [3.05, 3.63) is 0 Å². The van der Waals surface area contributed by atoms with E-state index < -0.39 is 21.3 Å². The maximum atomic E-state index is 11.5. The van der Waals surface area contributed by atoms with Gasteiger partial charge in [-0.05, 0) is 19.3 Å². The van der Waals surface area contributed by atoms with Crippen LogP contribution >= 0.6 is 0 Å². The Balaban J connectivity index is 4.65. The van der Waals surface area contributed by atoms with E-state index in [0.29, 0.717) is 0 Å². The Morgan fingerprint density at radius 1 is 1.29 bits per heavy atom. The van der Waals surface area contributed by atoms with Gasteiger partial charge in [0.1, 0.15) is 0 Å². The summed E-state index contributed by atoms with van der Waals surface area (Å²) in [5, 5.41) is 8.61. The Labute approximate surface area is 86.8 Å². The molecule has 0 saturated carbocycles. The lowest BCUT2D eigenvalue weighted by Crippen LogP contribution is -2.48. The predicted octanol–water partition coefficient (Wildman–Crippen LogP) is 0.721. The van der Waals surface area contributed by atoms with Crippen molar-refractivity contribution in [2.75, 3.05) is 6.61 Å². The van der Waals surface area contributed by atoms with Crippen LogP contribution in [0.5, 0.6) is 0 Å². The first kappa shape index (κ1) is 13.9. The van der Waals surface area contributed by atoms with Crippen molar-refractivity contribution in [2.24, 2.45) is 5.41 Å². The highest BCUT2D eigenvalue weighted by atomic mass is 32.2. The molecule has 0 aromatic rings. The summed E-state index contributed by atoms with van der Waals surface area (Å²) in [7, 11) is -3.30. The average molecular weight is 223 g/mol. The van der Waals surface area contributed by atoms with Gasteiger partial charge in [0.15, 0.2) is 0 Å². The fraction of sp³-hybridized carbons (Fsp3) is 1.00. The van der Waals surface area contributed by atoms with Crippen LogP contribution in [0, 0.1) is 5.41 Å². The smallest absolute Gasteiger partial charge is 0.214 e. The van der Waals surface area contributed by atoms with E-state index >= 15 is 0 Å². The van der Waals surface area contributed by atoms with Gasteiger partial charge >= 0.3 is 0 Å². The van der Waals surface area contributed by atoms with Crippen LogP contribution in [-0.2, 0) is 10.0 Å². The molecule has 0 bridgehead atoms. The number of hydrogen-bond acceptors (Lipinski definition) is 3. The third-order valence-electron chi connectivity index (χ3n) is 2.16. The topological polar surface area (TPSA) is 66.4 Å². The monoisotopic (exact) mass is 223 g/mol. The number of hydrogen-bond donors (Lipinski definition) is 2. The molecule has 1 atom stereocenters. The summed E-state index contributed by atoms with van der Waals surface area (Å²) < 4.78 is 25.6. The van der Waals surface area contributed by atoms with Gasteiger partial charge in [-0.15, -0.1) is 0 Å². The Hall–Kier alpha value is -0.130. The van der Waals surface area contributed by atoms with Crippen LogP contribution in [0.15, 0.2) is 0 Å².